The lowest BCUT2D eigenvalue weighted by Gasteiger charge is -2.35. The number of likely N-dealkylation sites (tertiary alicyclic amines) is 1. The molecule has 1 aliphatic rings. The molecule has 0 aliphatic carbocycles. The minimum Gasteiger partial charge on any atom is -0.306 e. The zero-order valence-electron chi connectivity index (χ0n) is 12.7. The first-order chi connectivity index (χ1) is 9.72. The average Bonchev–Trinajstić information content (AvgIpc) is 2.48. The Kier molecular flexibility index (Phi) is 6.34. The molecule has 1 aromatic carbocycles. The van der Waals surface area contributed by atoms with Gasteiger partial charge in [-0.3, -0.25) is 0 Å². The van der Waals surface area contributed by atoms with Crippen LogP contribution in [0.2, 0.25) is 5.02 Å². The fraction of sp³-hybridized carbons (Fsp3) is 0.647. The van der Waals surface area contributed by atoms with E-state index in [1.54, 1.807) is 0 Å². The van der Waals surface area contributed by atoms with Crippen LogP contribution in [0.4, 0.5) is 0 Å². The molecule has 2 unspecified atom stereocenters. The SMILES string of the molecule is CCCC(NC1CCCN(CC)C1)c1ccc(Cl)cc1. The van der Waals surface area contributed by atoms with Crippen molar-refractivity contribution < 1.29 is 0 Å². The molecule has 0 spiro atoms. The topological polar surface area (TPSA) is 15.3 Å². The van der Waals surface area contributed by atoms with E-state index in [2.05, 4.69) is 36.2 Å². The van der Waals surface area contributed by atoms with Crippen LogP contribution >= 0.6 is 11.6 Å². The van der Waals surface area contributed by atoms with Crippen molar-refractivity contribution in [2.75, 3.05) is 19.6 Å². The quantitative estimate of drug-likeness (QED) is 0.843. The van der Waals surface area contributed by atoms with Gasteiger partial charge in [0.15, 0.2) is 0 Å². The molecular weight excluding hydrogens is 268 g/mol. The number of piperidine rings is 1. The summed E-state index contributed by atoms with van der Waals surface area (Å²) in [6, 6.07) is 9.41. The zero-order chi connectivity index (χ0) is 14.4. The van der Waals surface area contributed by atoms with Crippen LogP contribution in [-0.2, 0) is 0 Å². The van der Waals surface area contributed by atoms with E-state index in [9.17, 15) is 0 Å². The Morgan fingerprint density at radius 1 is 1.30 bits per heavy atom. The minimum absolute atomic E-state index is 0.457. The summed E-state index contributed by atoms with van der Waals surface area (Å²) in [6.45, 7) is 8.12. The van der Waals surface area contributed by atoms with Gasteiger partial charge in [-0.25, -0.2) is 0 Å². The Morgan fingerprint density at radius 2 is 2.05 bits per heavy atom. The molecule has 1 saturated heterocycles. The molecule has 0 bridgehead atoms. The van der Waals surface area contributed by atoms with Crippen LogP contribution < -0.4 is 5.32 Å². The first kappa shape index (κ1) is 15.8. The first-order valence-electron chi connectivity index (χ1n) is 7.96. The third-order valence-corrected chi connectivity index (χ3v) is 4.49. The molecule has 1 heterocycles. The predicted molar refractivity (Wildman–Crippen MR) is 87.4 cm³/mol. The van der Waals surface area contributed by atoms with Gasteiger partial charge in [-0.15, -0.1) is 0 Å². The number of hydrogen-bond acceptors (Lipinski definition) is 2. The third kappa shape index (κ3) is 4.47. The number of hydrogen-bond donors (Lipinski definition) is 1. The third-order valence-electron chi connectivity index (χ3n) is 4.24. The largest absolute Gasteiger partial charge is 0.306 e. The fourth-order valence-electron chi connectivity index (χ4n) is 3.09. The van der Waals surface area contributed by atoms with Gasteiger partial charge in [-0.05, 0) is 50.0 Å². The van der Waals surface area contributed by atoms with E-state index in [1.165, 1.54) is 44.3 Å². The highest BCUT2D eigenvalue weighted by molar-refractivity contribution is 6.30. The van der Waals surface area contributed by atoms with Gasteiger partial charge in [0.05, 0.1) is 0 Å². The molecular formula is C17H27ClN2. The second kappa shape index (κ2) is 8.02. The molecule has 1 aliphatic heterocycles. The molecule has 2 atom stereocenters. The van der Waals surface area contributed by atoms with Crippen LogP contribution in [0.25, 0.3) is 0 Å². The number of halogens is 1. The van der Waals surface area contributed by atoms with Crippen LogP contribution in [0, 0.1) is 0 Å². The van der Waals surface area contributed by atoms with Gasteiger partial charge >= 0.3 is 0 Å². The van der Waals surface area contributed by atoms with Gasteiger partial charge in [-0.1, -0.05) is 44.0 Å². The number of nitrogens with zero attached hydrogens (tertiary/aromatic N) is 1. The molecule has 0 radical (unpaired) electrons. The van der Waals surface area contributed by atoms with Gasteiger partial charge in [0, 0.05) is 23.7 Å². The molecule has 2 nitrogen and oxygen atoms in total. The number of rotatable bonds is 6. The van der Waals surface area contributed by atoms with E-state index < -0.39 is 0 Å². The highest BCUT2D eigenvalue weighted by Crippen LogP contribution is 2.23. The van der Waals surface area contributed by atoms with Crippen molar-refractivity contribution in [2.24, 2.45) is 0 Å². The highest BCUT2D eigenvalue weighted by atomic mass is 35.5. The monoisotopic (exact) mass is 294 g/mol. The van der Waals surface area contributed by atoms with Crippen molar-refractivity contribution in [3.63, 3.8) is 0 Å². The molecule has 1 N–H and O–H groups in total. The molecule has 20 heavy (non-hydrogen) atoms. The molecule has 112 valence electrons. The van der Waals surface area contributed by atoms with Crippen molar-refractivity contribution in [3.8, 4) is 0 Å². The van der Waals surface area contributed by atoms with E-state index in [0.717, 1.165) is 11.6 Å². The van der Waals surface area contributed by atoms with Crippen molar-refractivity contribution in [1.29, 1.82) is 0 Å². The molecule has 0 saturated carbocycles. The summed E-state index contributed by atoms with van der Waals surface area (Å²) in [5, 5.41) is 4.69. The van der Waals surface area contributed by atoms with Crippen LogP contribution in [-0.4, -0.2) is 30.6 Å². The summed E-state index contributed by atoms with van der Waals surface area (Å²) >= 11 is 6.00. The Bertz CT molecular complexity index is 390. The lowest BCUT2D eigenvalue weighted by atomic mass is 9.98. The van der Waals surface area contributed by atoms with Crippen LogP contribution in [0.3, 0.4) is 0 Å². The molecule has 0 aromatic heterocycles. The predicted octanol–water partition coefficient (Wildman–Crippen LogP) is 4.26. The van der Waals surface area contributed by atoms with Gasteiger partial charge in [0.2, 0.25) is 0 Å². The Morgan fingerprint density at radius 3 is 2.70 bits per heavy atom. The minimum atomic E-state index is 0.457. The number of nitrogens with one attached hydrogen (secondary N) is 1. The van der Waals surface area contributed by atoms with E-state index in [0.29, 0.717) is 12.1 Å². The average molecular weight is 295 g/mol. The van der Waals surface area contributed by atoms with E-state index in [4.69, 9.17) is 11.6 Å². The first-order valence-corrected chi connectivity index (χ1v) is 8.34. The fourth-order valence-corrected chi connectivity index (χ4v) is 3.22. The summed E-state index contributed by atoms with van der Waals surface area (Å²) in [6.07, 6.45) is 4.99. The van der Waals surface area contributed by atoms with Crippen molar-refractivity contribution in [1.82, 2.24) is 10.2 Å². The molecule has 2 rings (SSSR count). The summed E-state index contributed by atoms with van der Waals surface area (Å²) < 4.78 is 0. The summed E-state index contributed by atoms with van der Waals surface area (Å²) in [5.74, 6) is 0. The summed E-state index contributed by atoms with van der Waals surface area (Å²) in [7, 11) is 0. The van der Waals surface area contributed by atoms with Crippen LogP contribution in [0.1, 0.15) is 51.1 Å². The highest BCUT2D eigenvalue weighted by Gasteiger charge is 2.21. The van der Waals surface area contributed by atoms with Crippen molar-refractivity contribution >= 4 is 11.6 Å². The molecule has 1 aromatic rings. The normalized spacial score (nSPS) is 21.9. The van der Waals surface area contributed by atoms with Crippen molar-refractivity contribution in [3.05, 3.63) is 34.9 Å². The maximum absolute atomic E-state index is 6.00. The van der Waals surface area contributed by atoms with Crippen molar-refractivity contribution in [2.45, 2.75) is 51.6 Å². The Hall–Kier alpha value is -0.570. The van der Waals surface area contributed by atoms with Gasteiger partial charge in [0.25, 0.3) is 0 Å². The van der Waals surface area contributed by atoms with E-state index in [1.807, 2.05) is 12.1 Å². The second-order valence-corrected chi connectivity index (χ2v) is 6.23. The lowest BCUT2D eigenvalue weighted by Crippen LogP contribution is -2.46. The molecule has 1 fully saturated rings. The molecule has 0 amide bonds. The van der Waals surface area contributed by atoms with Gasteiger partial charge < -0.3 is 10.2 Å². The summed E-state index contributed by atoms with van der Waals surface area (Å²) in [5.41, 5.74) is 1.37. The standard InChI is InChI=1S/C17H27ClN2/c1-3-6-17(14-8-10-15(18)11-9-14)19-16-7-5-12-20(4-2)13-16/h8-11,16-17,19H,3-7,12-13H2,1-2H3. The maximum Gasteiger partial charge on any atom is 0.0406 e. The number of benzene rings is 1. The lowest BCUT2D eigenvalue weighted by molar-refractivity contribution is 0.188. The van der Waals surface area contributed by atoms with E-state index in [-0.39, 0.29) is 0 Å². The second-order valence-electron chi connectivity index (χ2n) is 5.79. The van der Waals surface area contributed by atoms with Gasteiger partial charge in [-0.2, -0.15) is 0 Å². The summed E-state index contributed by atoms with van der Waals surface area (Å²) in [4.78, 5) is 2.55. The molecule has 3 heteroatoms. The Labute approximate surface area is 128 Å². The smallest absolute Gasteiger partial charge is 0.0406 e. The van der Waals surface area contributed by atoms with Crippen LogP contribution in [0.5, 0.6) is 0 Å². The van der Waals surface area contributed by atoms with Crippen LogP contribution in [0.15, 0.2) is 24.3 Å². The van der Waals surface area contributed by atoms with Gasteiger partial charge in [0.1, 0.15) is 0 Å². The Balaban J connectivity index is 1.99. The number of likely N-dealkylation sites (N-methyl/N-ethyl adjacent to an activating group) is 1. The van der Waals surface area contributed by atoms with E-state index >= 15 is 0 Å². The zero-order valence-corrected chi connectivity index (χ0v) is 13.5. The maximum atomic E-state index is 6.00.